The predicted octanol–water partition coefficient (Wildman–Crippen LogP) is 21.8. The molecule has 0 rings (SSSR count). The smallest absolute Gasteiger partial charge is 0.462 e. The van der Waals surface area contributed by atoms with Crippen LogP contribution in [0.25, 0.3) is 0 Å². The zero-order chi connectivity index (χ0) is 69.4. The highest BCUT2D eigenvalue weighted by molar-refractivity contribution is 7.47. The van der Waals surface area contributed by atoms with Crippen LogP contribution in [0, 0.1) is 17.8 Å². The van der Waals surface area contributed by atoms with E-state index in [1.54, 1.807) is 0 Å². The van der Waals surface area contributed by atoms with Gasteiger partial charge in [0.05, 0.1) is 26.4 Å². The molecule has 0 aromatic heterocycles. The molecule has 0 aliphatic carbocycles. The fourth-order valence-electron chi connectivity index (χ4n) is 11.4. The lowest BCUT2D eigenvalue weighted by atomic mass is 10.0. The van der Waals surface area contributed by atoms with Crippen molar-refractivity contribution < 1.29 is 80.2 Å². The molecule has 0 aromatic carbocycles. The molecule has 0 aliphatic rings. The Morgan fingerprint density at radius 1 is 0.287 bits per heavy atom. The number of hydrogen-bond donors (Lipinski definition) is 3. The first-order chi connectivity index (χ1) is 45.2. The Labute approximate surface area is 575 Å². The summed E-state index contributed by atoms with van der Waals surface area (Å²) >= 11 is 0. The number of carbonyl (C=O) groups excluding carboxylic acids is 4. The maximum Gasteiger partial charge on any atom is 0.472 e. The first-order valence-corrected chi connectivity index (χ1v) is 41.8. The zero-order valence-electron chi connectivity index (χ0n) is 61.4. The highest BCUT2D eigenvalue weighted by Gasteiger charge is 2.30. The number of carbonyl (C=O) groups is 4. The van der Waals surface area contributed by atoms with Crippen molar-refractivity contribution in [3.05, 3.63) is 0 Å². The number of rotatable bonds is 73. The van der Waals surface area contributed by atoms with Crippen molar-refractivity contribution in [2.75, 3.05) is 39.6 Å². The Morgan fingerprint density at radius 2 is 0.489 bits per heavy atom. The minimum atomic E-state index is -4.96. The third kappa shape index (κ3) is 68.6. The molecular weight excluding hydrogens is 1230 g/mol. The molecule has 94 heavy (non-hydrogen) atoms. The van der Waals surface area contributed by atoms with Crippen molar-refractivity contribution in [3.8, 4) is 0 Å². The molecule has 0 amide bonds. The molecule has 0 fully saturated rings. The molecule has 0 saturated heterocycles. The molecule has 558 valence electrons. The Kier molecular flexibility index (Phi) is 64.3. The van der Waals surface area contributed by atoms with E-state index in [2.05, 4.69) is 48.5 Å². The maximum absolute atomic E-state index is 13.1. The highest BCUT2D eigenvalue weighted by atomic mass is 31.2. The number of esters is 4. The van der Waals surface area contributed by atoms with Gasteiger partial charge in [-0.15, -0.1) is 0 Å². The van der Waals surface area contributed by atoms with Gasteiger partial charge in [0, 0.05) is 25.7 Å². The van der Waals surface area contributed by atoms with E-state index in [1.807, 2.05) is 0 Å². The lowest BCUT2D eigenvalue weighted by Crippen LogP contribution is -2.30. The summed E-state index contributed by atoms with van der Waals surface area (Å²) in [6, 6.07) is 0. The first-order valence-electron chi connectivity index (χ1n) is 38.8. The third-order valence-corrected chi connectivity index (χ3v) is 19.3. The van der Waals surface area contributed by atoms with E-state index in [4.69, 9.17) is 37.0 Å². The molecule has 0 bridgehead atoms. The Hall–Kier alpha value is -1.94. The first kappa shape index (κ1) is 92.1. The molecule has 19 heteroatoms. The summed E-state index contributed by atoms with van der Waals surface area (Å²) in [5.74, 6) is 0.122. The van der Waals surface area contributed by atoms with E-state index in [0.717, 1.165) is 108 Å². The number of unbranched alkanes of at least 4 members (excludes halogenated alkanes) is 41. The molecule has 0 saturated carbocycles. The largest absolute Gasteiger partial charge is 0.472 e. The Morgan fingerprint density at radius 3 is 0.723 bits per heavy atom. The summed E-state index contributed by atoms with van der Waals surface area (Å²) < 4.78 is 68.4. The van der Waals surface area contributed by atoms with Crippen LogP contribution < -0.4 is 0 Å². The van der Waals surface area contributed by atoms with Crippen molar-refractivity contribution in [1.29, 1.82) is 0 Å². The molecule has 0 radical (unpaired) electrons. The monoisotopic (exact) mass is 1380 g/mol. The number of hydrogen-bond acceptors (Lipinski definition) is 15. The van der Waals surface area contributed by atoms with Gasteiger partial charge in [-0.25, -0.2) is 9.13 Å². The molecular formula is C75H146O17P2. The fourth-order valence-corrected chi connectivity index (χ4v) is 13.0. The van der Waals surface area contributed by atoms with Gasteiger partial charge in [-0.1, -0.05) is 331 Å². The lowest BCUT2D eigenvalue weighted by molar-refractivity contribution is -0.161. The van der Waals surface area contributed by atoms with Crippen LogP contribution in [0.3, 0.4) is 0 Å². The van der Waals surface area contributed by atoms with Gasteiger partial charge in [0.25, 0.3) is 0 Å². The quantitative estimate of drug-likeness (QED) is 0.0222. The zero-order valence-corrected chi connectivity index (χ0v) is 63.2. The van der Waals surface area contributed by atoms with E-state index in [9.17, 15) is 43.2 Å². The number of aliphatic hydroxyl groups excluding tert-OH is 1. The normalized spacial score (nSPS) is 14.1. The van der Waals surface area contributed by atoms with Crippen LogP contribution in [0.4, 0.5) is 0 Å². The minimum absolute atomic E-state index is 0.106. The molecule has 2 unspecified atom stereocenters. The van der Waals surface area contributed by atoms with E-state index in [-0.39, 0.29) is 25.7 Å². The maximum atomic E-state index is 13.1. The van der Waals surface area contributed by atoms with Crippen molar-refractivity contribution in [1.82, 2.24) is 0 Å². The topological polar surface area (TPSA) is 237 Å². The van der Waals surface area contributed by atoms with Crippen LogP contribution in [0.5, 0.6) is 0 Å². The fraction of sp³-hybridized carbons (Fsp3) is 0.947. The van der Waals surface area contributed by atoms with Crippen molar-refractivity contribution in [2.45, 2.75) is 401 Å². The predicted molar refractivity (Wildman–Crippen MR) is 381 cm³/mol. The van der Waals surface area contributed by atoms with Crippen LogP contribution in [-0.4, -0.2) is 96.7 Å². The van der Waals surface area contributed by atoms with Gasteiger partial charge < -0.3 is 33.8 Å². The Bertz CT molecular complexity index is 1840. The van der Waals surface area contributed by atoms with E-state index >= 15 is 0 Å². The molecule has 0 spiro atoms. The van der Waals surface area contributed by atoms with Crippen molar-refractivity contribution in [3.63, 3.8) is 0 Å². The number of aliphatic hydroxyl groups is 1. The lowest BCUT2D eigenvalue weighted by Gasteiger charge is -2.21. The third-order valence-electron chi connectivity index (χ3n) is 17.4. The number of phosphoric ester groups is 2. The van der Waals surface area contributed by atoms with E-state index in [1.165, 1.54) is 186 Å². The molecule has 3 N–H and O–H groups in total. The second-order valence-electron chi connectivity index (χ2n) is 28.5. The molecule has 0 aromatic rings. The molecule has 0 heterocycles. The number of ether oxygens (including phenoxy) is 4. The summed E-state index contributed by atoms with van der Waals surface area (Å²) in [6.07, 6.45) is 51.6. The van der Waals surface area contributed by atoms with Gasteiger partial charge in [0.15, 0.2) is 12.2 Å². The average Bonchev–Trinajstić information content (AvgIpc) is 1.65. The highest BCUT2D eigenvalue weighted by Crippen LogP contribution is 2.45. The van der Waals surface area contributed by atoms with Crippen LogP contribution in [-0.2, 0) is 65.4 Å². The van der Waals surface area contributed by atoms with Crippen molar-refractivity contribution >= 4 is 39.5 Å². The van der Waals surface area contributed by atoms with Gasteiger partial charge in [-0.3, -0.25) is 37.3 Å². The molecule has 0 aliphatic heterocycles. The van der Waals surface area contributed by atoms with Crippen LogP contribution in [0.2, 0.25) is 0 Å². The SMILES string of the molecule is CCCCCCCCCCCCCCC(=O)O[C@H](COC(=O)CCCCCCCCC(C)C)COP(=O)(O)OC[C@H](O)COP(=O)(O)OC[C@@H](COC(=O)CCCCCCCCCCCC(C)C)OC(=O)CCCCCCCCCCCCCCCCCCCCC(C)C. The minimum Gasteiger partial charge on any atom is -0.462 e. The van der Waals surface area contributed by atoms with Gasteiger partial charge in [0.2, 0.25) is 0 Å². The average molecular weight is 1380 g/mol. The summed E-state index contributed by atoms with van der Waals surface area (Å²) in [5, 5.41) is 10.6. The van der Waals surface area contributed by atoms with Crippen LogP contribution >= 0.6 is 15.6 Å². The van der Waals surface area contributed by atoms with Crippen molar-refractivity contribution in [2.24, 2.45) is 17.8 Å². The van der Waals surface area contributed by atoms with Gasteiger partial charge in [-0.2, -0.15) is 0 Å². The molecule has 5 atom stereocenters. The summed E-state index contributed by atoms with van der Waals surface area (Å²) in [5.41, 5.74) is 0. The summed E-state index contributed by atoms with van der Waals surface area (Å²) in [7, 11) is -9.91. The van der Waals surface area contributed by atoms with E-state index < -0.39 is 97.5 Å². The molecule has 17 nitrogen and oxygen atoms in total. The van der Waals surface area contributed by atoms with Crippen LogP contribution in [0.15, 0.2) is 0 Å². The number of phosphoric acid groups is 2. The van der Waals surface area contributed by atoms with Gasteiger partial charge in [0.1, 0.15) is 19.3 Å². The second-order valence-corrected chi connectivity index (χ2v) is 31.4. The Balaban J connectivity index is 5.18. The summed E-state index contributed by atoms with van der Waals surface area (Å²) in [4.78, 5) is 72.7. The summed E-state index contributed by atoms with van der Waals surface area (Å²) in [6.45, 7) is 11.8. The van der Waals surface area contributed by atoms with Gasteiger partial charge >= 0.3 is 39.5 Å². The second kappa shape index (κ2) is 65.7. The van der Waals surface area contributed by atoms with Crippen LogP contribution in [0.1, 0.15) is 382 Å². The standard InChI is InChI=1S/C75H146O17P2/c1-8-9-10-11-12-13-14-24-29-35-44-51-58-74(79)92-71(63-86-73(78)57-50-43-38-37-41-48-55-68(6)7)65-90-94(83,84)88-61-69(76)60-87-93(81,82)89-64-70(62-85-72(77)56-49-42-34-31-26-28-33-40-47-54-67(4)5)91-75(80)59-52-45-36-30-25-22-20-18-16-15-17-19-21-23-27-32-39-46-53-66(2)3/h66-71,76H,8-65H2,1-7H3,(H,81,82)(H,83,84)/t69-,70-,71-/m1/s1. The van der Waals surface area contributed by atoms with Gasteiger partial charge in [-0.05, 0) is 43.4 Å². The van der Waals surface area contributed by atoms with E-state index in [0.29, 0.717) is 31.6 Å².